The largest absolute Gasteiger partial charge is 0.573 e. The molecule has 1 fully saturated rings. The van der Waals surface area contributed by atoms with E-state index in [4.69, 9.17) is 5.73 Å². The van der Waals surface area contributed by atoms with Gasteiger partial charge in [0.2, 0.25) is 0 Å². The van der Waals surface area contributed by atoms with Crippen molar-refractivity contribution in [1.29, 1.82) is 0 Å². The molecule has 14 heteroatoms. The number of hydrogen-bond acceptors (Lipinski definition) is 8. The minimum Gasteiger partial charge on any atom is -0.405 e. The van der Waals surface area contributed by atoms with Crippen LogP contribution in [-0.2, 0) is 0 Å². The van der Waals surface area contributed by atoms with Gasteiger partial charge in [0.15, 0.2) is 10.9 Å². The summed E-state index contributed by atoms with van der Waals surface area (Å²) in [5, 5.41) is -0.122. The van der Waals surface area contributed by atoms with Crippen LogP contribution in [0.5, 0.6) is 5.75 Å². The maximum Gasteiger partial charge on any atom is 0.573 e. The zero-order valence-corrected chi connectivity index (χ0v) is 19.7. The van der Waals surface area contributed by atoms with E-state index in [0.29, 0.717) is 19.6 Å². The number of nitrogens with one attached hydrogen (secondary N) is 1. The number of hydrogen-bond donors (Lipinski definition) is 2. The minimum atomic E-state index is -5.17. The van der Waals surface area contributed by atoms with Gasteiger partial charge in [-0.25, -0.2) is 18.6 Å². The number of ether oxygens (including phenoxy) is 1. The number of aromatic nitrogens is 3. The highest BCUT2D eigenvalue weighted by Gasteiger charge is 2.35. The van der Waals surface area contributed by atoms with Gasteiger partial charge in [-0.15, -0.1) is 13.2 Å². The fourth-order valence-corrected chi connectivity index (χ4v) is 5.11. The van der Waals surface area contributed by atoms with E-state index < -0.39 is 35.0 Å². The van der Waals surface area contributed by atoms with Crippen molar-refractivity contribution in [1.82, 2.24) is 19.9 Å². The Morgan fingerprint density at radius 3 is 2.67 bits per heavy atom. The maximum absolute atomic E-state index is 16.1. The Hall–Kier alpha value is -3.52. The van der Waals surface area contributed by atoms with Crippen molar-refractivity contribution in [2.75, 3.05) is 37.3 Å². The van der Waals surface area contributed by atoms with Crippen molar-refractivity contribution in [2.45, 2.75) is 19.3 Å². The molecule has 1 saturated heterocycles. The number of nitrogen functional groups attached to an aromatic ring is 1. The van der Waals surface area contributed by atoms with E-state index in [2.05, 4.69) is 24.6 Å². The summed E-state index contributed by atoms with van der Waals surface area (Å²) in [5.41, 5.74) is 3.50. The molecule has 1 atom stereocenters. The summed E-state index contributed by atoms with van der Waals surface area (Å²) in [4.78, 5) is 26.4. The molecule has 190 valence electrons. The van der Waals surface area contributed by atoms with Crippen LogP contribution in [0.15, 0.2) is 23.0 Å². The number of anilines is 2. The maximum atomic E-state index is 16.1. The van der Waals surface area contributed by atoms with Crippen LogP contribution in [0.1, 0.15) is 6.92 Å². The first-order chi connectivity index (χ1) is 16.9. The number of nitrogens with zero attached hydrogens (tertiary/aromatic N) is 4. The fourth-order valence-electron chi connectivity index (χ4n) is 4.35. The average Bonchev–Trinajstić information content (AvgIpc) is 3.19. The summed E-state index contributed by atoms with van der Waals surface area (Å²) in [6.07, 6.45) is -5.17. The Balaban J connectivity index is 1.82. The highest BCUT2D eigenvalue weighted by molar-refractivity contribution is 7.22. The number of rotatable bonds is 3. The van der Waals surface area contributed by atoms with Crippen molar-refractivity contribution in [3.63, 3.8) is 0 Å². The van der Waals surface area contributed by atoms with Gasteiger partial charge in [-0.3, -0.25) is 0 Å². The van der Waals surface area contributed by atoms with Gasteiger partial charge in [-0.05, 0) is 32.2 Å². The van der Waals surface area contributed by atoms with Crippen molar-refractivity contribution >= 4 is 43.4 Å². The first-order valence-electron chi connectivity index (χ1n) is 10.7. The number of nitrogens with two attached hydrogens (primary N) is 1. The molecule has 1 aliphatic heterocycles. The van der Waals surface area contributed by atoms with E-state index in [0.717, 1.165) is 29.5 Å². The SMILES string of the molecule is CC1CN(c2nc(=O)[nH]c3c(F)c(-c4ccc(F)c5sc(N)nc45)c(OC(F)(F)F)cc23)CCN1C. The molecule has 8 nitrogen and oxygen atoms in total. The molecule has 0 spiro atoms. The van der Waals surface area contributed by atoms with Crippen molar-refractivity contribution in [3.05, 3.63) is 40.3 Å². The number of piperazine rings is 1. The summed E-state index contributed by atoms with van der Waals surface area (Å²) in [5.74, 6) is -2.77. The Kier molecular flexibility index (Phi) is 5.75. The highest BCUT2D eigenvalue weighted by atomic mass is 32.1. The summed E-state index contributed by atoms with van der Waals surface area (Å²) < 4.78 is 74.9. The minimum absolute atomic E-state index is 0.0355. The van der Waals surface area contributed by atoms with Crippen LogP contribution >= 0.6 is 11.3 Å². The normalized spacial score (nSPS) is 17.3. The monoisotopic (exact) mass is 526 g/mol. The lowest BCUT2D eigenvalue weighted by Gasteiger charge is -2.38. The molecular formula is C22H19F5N6O2S. The average molecular weight is 526 g/mol. The lowest BCUT2D eigenvalue weighted by molar-refractivity contribution is -0.274. The van der Waals surface area contributed by atoms with Gasteiger partial charge < -0.3 is 25.3 Å². The number of thiazole rings is 1. The number of halogens is 5. The third-order valence-electron chi connectivity index (χ3n) is 6.18. The van der Waals surface area contributed by atoms with E-state index >= 15 is 4.39 Å². The van der Waals surface area contributed by atoms with Crippen LogP contribution in [0.2, 0.25) is 0 Å². The van der Waals surface area contributed by atoms with Gasteiger partial charge in [-0.1, -0.05) is 11.3 Å². The van der Waals surface area contributed by atoms with Gasteiger partial charge in [0.25, 0.3) is 0 Å². The molecule has 2 aromatic carbocycles. The third kappa shape index (κ3) is 4.19. The first-order valence-corrected chi connectivity index (χ1v) is 11.6. The summed E-state index contributed by atoms with van der Waals surface area (Å²) in [7, 11) is 1.92. The van der Waals surface area contributed by atoms with Crippen molar-refractivity contribution in [3.8, 4) is 16.9 Å². The molecule has 0 amide bonds. The zero-order chi connectivity index (χ0) is 25.9. The van der Waals surface area contributed by atoms with Gasteiger partial charge >= 0.3 is 12.1 Å². The first kappa shape index (κ1) is 24.2. The molecule has 4 aromatic rings. The molecule has 2 aromatic heterocycles. The Bertz CT molecular complexity index is 1550. The molecule has 0 aliphatic carbocycles. The Morgan fingerprint density at radius 2 is 1.97 bits per heavy atom. The second kappa shape index (κ2) is 8.55. The van der Waals surface area contributed by atoms with Crippen LogP contribution in [0, 0.1) is 11.6 Å². The van der Waals surface area contributed by atoms with Gasteiger partial charge in [0.1, 0.15) is 17.4 Å². The molecule has 3 heterocycles. The summed E-state index contributed by atoms with van der Waals surface area (Å²) in [6.45, 7) is 3.37. The number of H-pyrrole nitrogens is 1. The number of fused-ring (bicyclic) bond motifs is 2. The van der Waals surface area contributed by atoms with E-state index in [-0.39, 0.29) is 43.7 Å². The van der Waals surface area contributed by atoms with E-state index in [1.807, 2.05) is 14.0 Å². The summed E-state index contributed by atoms with van der Waals surface area (Å²) in [6, 6.07) is 3.09. The van der Waals surface area contributed by atoms with Gasteiger partial charge in [-0.2, -0.15) is 4.98 Å². The number of benzene rings is 2. The predicted octanol–water partition coefficient (Wildman–Crippen LogP) is 4.10. The predicted molar refractivity (Wildman–Crippen MR) is 126 cm³/mol. The quantitative estimate of drug-likeness (QED) is 0.388. The molecule has 36 heavy (non-hydrogen) atoms. The molecular weight excluding hydrogens is 507 g/mol. The van der Waals surface area contributed by atoms with Gasteiger partial charge in [0.05, 0.1) is 21.3 Å². The zero-order valence-electron chi connectivity index (χ0n) is 18.9. The van der Waals surface area contributed by atoms with E-state index in [1.165, 1.54) is 0 Å². The lowest BCUT2D eigenvalue weighted by atomic mass is 10.00. The lowest BCUT2D eigenvalue weighted by Crippen LogP contribution is -2.50. The molecule has 0 radical (unpaired) electrons. The Labute approximate surface area is 204 Å². The second-order valence-corrected chi connectivity index (χ2v) is 9.53. The van der Waals surface area contributed by atoms with Crippen LogP contribution in [-0.4, -0.2) is 58.9 Å². The van der Waals surface area contributed by atoms with Crippen LogP contribution in [0.4, 0.5) is 32.9 Å². The number of aromatic amines is 1. The second-order valence-electron chi connectivity index (χ2n) is 8.50. The molecule has 3 N–H and O–H groups in total. The van der Waals surface area contributed by atoms with Crippen LogP contribution < -0.4 is 21.1 Å². The van der Waals surface area contributed by atoms with E-state index in [9.17, 15) is 22.4 Å². The van der Waals surface area contributed by atoms with Crippen LogP contribution in [0.3, 0.4) is 0 Å². The Morgan fingerprint density at radius 1 is 1.22 bits per heavy atom. The van der Waals surface area contributed by atoms with Gasteiger partial charge in [0, 0.05) is 36.6 Å². The molecule has 0 saturated carbocycles. The molecule has 5 rings (SSSR count). The highest BCUT2D eigenvalue weighted by Crippen LogP contribution is 2.44. The standard InChI is InChI=1S/C22H19F5N6O2S/c1-9-8-33(6-5-32(9)2)19-11-7-13(35-22(25,26)27)14(15(24)16(11)30-21(34)31-19)10-3-4-12(23)18-17(10)29-20(28)36-18/h3-4,7,9H,5-6,8H2,1-2H3,(H2,28,29)(H,30,31,34). The fraction of sp³-hybridized carbons (Fsp3) is 0.318. The van der Waals surface area contributed by atoms with E-state index in [1.54, 1.807) is 4.90 Å². The smallest absolute Gasteiger partial charge is 0.405 e. The third-order valence-corrected chi connectivity index (χ3v) is 7.07. The molecule has 1 unspecified atom stereocenters. The number of alkyl halides is 3. The van der Waals surface area contributed by atoms with Crippen molar-refractivity contribution in [2.24, 2.45) is 0 Å². The summed E-state index contributed by atoms with van der Waals surface area (Å²) >= 11 is 0.768. The molecule has 1 aliphatic rings. The topological polar surface area (TPSA) is 100 Å². The van der Waals surface area contributed by atoms with Crippen molar-refractivity contribution < 1.29 is 26.7 Å². The number of likely N-dealkylation sites (N-methyl/N-ethyl adjacent to an activating group) is 1. The molecule has 0 bridgehead atoms. The van der Waals surface area contributed by atoms with Crippen LogP contribution in [0.25, 0.3) is 32.2 Å².